The highest BCUT2D eigenvalue weighted by molar-refractivity contribution is 5.60. The maximum atomic E-state index is 11.3. The standard InChI is InChI=1S/C13H23NO2/c1-16-12-4-8-14(9-5-12)10-13(11-15)6-2-3-7-13/h11-12H,2-10H2,1H3. The van der Waals surface area contributed by atoms with Crippen molar-refractivity contribution in [3.63, 3.8) is 0 Å². The van der Waals surface area contributed by atoms with Gasteiger partial charge in [-0.15, -0.1) is 0 Å². The molecule has 16 heavy (non-hydrogen) atoms. The van der Waals surface area contributed by atoms with Crippen LogP contribution in [0.3, 0.4) is 0 Å². The fraction of sp³-hybridized carbons (Fsp3) is 0.923. The Morgan fingerprint density at radius 3 is 2.44 bits per heavy atom. The molecular weight excluding hydrogens is 202 g/mol. The largest absolute Gasteiger partial charge is 0.381 e. The van der Waals surface area contributed by atoms with Crippen LogP contribution in [0.15, 0.2) is 0 Å². The summed E-state index contributed by atoms with van der Waals surface area (Å²) < 4.78 is 5.36. The first-order valence-corrected chi connectivity index (χ1v) is 6.49. The zero-order valence-corrected chi connectivity index (χ0v) is 10.3. The topological polar surface area (TPSA) is 29.5 Å². The zero-order valence-electron chi connectivity index (χ0n) is 10.3. The molecule has 1 heterocycles. The number of nitrogens with zero attached hydrogens (tertiary/aromatic N) is 1. The Morgan fingerprint density at radius 2 is 1.94 bits per heavy atom. The Labute approximate surface area is 98.1 Å². The molecule has 0 aromatic carbocycles. The van der Waals surface area contributed by atoms with E-state index >= 15 is 0 Å². The molecule has 1 aliphatic carbocycles. The van der Waals surface area contributed by atoms with Crippen LogP contribution in [0.5, 0.6) is 0 Å². The molecule has 1 aliphatic heterocycles. The number of piperidine rings is 1. The van der Waals surface area contributed by atoms with Gasteiger partial charge in [-0.3, -0.25) is 0 Å². The summed E-state index contributed by atoms with van der Waals surface area (Å²) in [7, 11) is 1.80. The molecule has 2 aliphatic rings. The second-order valence-corrected chi connectivity index (χ2v) is 5.40. The number of methoxy groups -OCH3 is 1. The third-order valence-corrected chi connectivity index (χ3v) is 4.26. The van der Waals surface area contributed by atoms with E-state index in [-0.39, 0.29) is 5.41 Å². The van der Waals surface area contributed by atoms with Crippen LogP contribution in [0.2, 0.25) is 0 Å². The van der Waals surface area contributed by atoms with Gasteiger partial charge in [-0.25, -0.2) is 0 Å². The normalized spacial score (nSPS) is 27.1. The van der Waals surface area contributed by atoms with Crippen molar-refractivity contribution in [3.8, 4) is 0 Å². The third-order valence-electron chi connectivity index (χ3n) is 4.26. The first-order chi connectivity index (χ1) is 7.78. The highest BCUT2D eigenvalue weighted by Gasteiger charge is 2.36. The van der Waals surface area contributed by atoms with Crippen molar-refractivity contribution in [2.75, 3.05) is 26.7 Å². The number of ether oxygens (including phenoxy) is 1. The van der Waals surface area contributed by atoms with E-state index in [9.17, 15) is 4.79 Å². The monoisotopic (exact) mass is 225 g/mol. The molecule has 0 unspecified atom stereocenters. The van der Waals surface area contributed by atoms with E-state index in [2.05, 4.69) is 4.90 Å². The first kappa shape index (κ1) is 12.1. The van der Waals surface area contributed by atoms with Crippen LogP contribution >= 0.6 is 0 Å². The van der Waals surface area contributed by atoms with Crippen molar-refractivity contribution >= 4 is 6.29 Å². The average Bonchev–Trinajstić information content (AvgIpc) is 2.79. The predicted octanol–water partition coefficient (Wildman–Crippen LogP) is 1.86. The molecular formula is C13H23NO2. The number of aldehydes is 1. The number of carbonyl (C=O) groups excluding carboxylic acids is 1. The van der Waals surface area contributed by atoms with E-state index in [4.69, 9.17) is 4.74 Å². The zero-order chi connectivity index (χ0) is 11.4. The van der Waals surface area contributed by atoms with E-state index in [1.807, 2.05) is 0 Å². The van der Waals surface area contributed by atoms with E-state index in [1.54, 1.807) is 7.11 Å². The molecule has 0 aromatic heterocycles. The number of rotatable bonds is 4. The molecule has 0 spiro atoms. The third kappa shape index (κ3) is 2.64. The van der Waals surface area contributed by atoms with Gasteiger partial charge in [0.25, 0.3) is 0 Å². The van der Waals surface area contributed by atoms with Gasteiger partial charge in [-0.05, 0) is 25.7 Å². The molecule has 1 saturated heterocycles. The molecule has 0 bridgehead atoms. The minimum atomic E-state index is -0.0140. The molecule has 0 amide bonds. The molecule has 0 atom stereocenters. The summed E-state index contributed by atoms with van der Waals surface area (Å²) in [6, 6.07) is 0. The Morgan fingerprint density at radius 1 is 1.31 bits per heavy atom. The fourth-order valence-electron chi connectivity index (χ4n) is 3.14. The van der Waals surface area contributed by atoms with Gasteiger partial charge in [0.05, 0.1) is 6.10 Å². The quantitative estimate of drug-likeness (QED) is 0.684. The molecule has 2 fully saturated rings. The summed E-state index contributed by atoms with van der Waals surface area (Å²) in [5.41, 5.74) is -0.0140. The lowest BCUT2D eigenvalue weighted by Crippen LogP contribution is -2.43. The van der Waals surface area contributed by atoms with Gasteiger partial charge in [0.1, 0.15) is 6.29 Å². The predicted molar refractivity (Wildman–Crippen MR) is 63.4 cm³/mol. The molecule has 0 N–H and O–H groups in total. The maximum absolute atomic E-state index is 11.3. The van der Waals surface area contributed by atoms with Crippen molar-refractivity contribution in [1.82, 2.24) is 4.90 Å². The molecule has 92 valence electrons. The molecule has 3 heteroatoms. The van der Waals surface area contributed by atoms with Gasteiger partial charge in [-0.1, -0.05) is 12.8 Å². The summed E-state index contributed by atoms with van der Waals surface area (Å²) in [4.78, 5) is 13.7. The van der Waals surface area contributed by atoms with Gasteiger partial charge in [0, 0.05) is 32.2 Å². The van der Waals surface area contributed by atoms with Gasteiger partial charge < -0.3 is 14.4 Å². The first-order valence-electron chi connectivity index (χ1n) is 6.49. The van der Waals surface area contributed by atoms with Crippen LogP contribution < -0.4 is 0 Å². The fourth-order valence-corrected chi connectivity index (χ4v) is 3.14. The Kier molecular flexibility index (Phi) is 3.98. The van der Waals surface area contributed by atoms with Gasteiger partial charge in [0.2, 0.25) is 0 Å². The Bertz CT molecular complexity index is 228. The van der Waals surface area contributed by atoms with E-state index in [1.165, 1.54) is 19.1 Å². The van der Waals surface area contributed by atoms with E-state index in [0.717, 1.165) is 45.3 Å². The van der Waals surface area contributed by atoms with Crippen molar-refractivity contribution in [2.45, 2.75) is 44.6 Å². The van der Waals surface area contributed by atoms with Crippen molar-refractivity contribution in [2.24, 2.45) is 5.41 Å². The lowest BCUT2D eigenvalue weighted by Gasteiger charge is -2.36. The molecule has 3 nitrogen and oxygen atoms in total. The molecule has 2 rings (SSSR count). The number of hydrogen-bond acceptors (Lipinski definition) is 3. The van der Waals surface area contributed by atoms with Crippen LogP contribution in [-0.2, 0) is 9.53 Å². The molecule has 0 aromatic rings. The lowest BCUT2D eigenvalue weighted by atomic mass is 9.87. The van der Waals surface area contributed by atoms with Crippen LogP contribution in [-0.4, -0.2) is 44.0 Å². The van der Waals surface area contributed by atoms with Crippen LogP contribution in [0.25, 0.3) is 0 Å². The molecule has 0 radical (unpaired) electrons. The molecule has 1 saturated carbocycles. The lowest BCUT2D eigenvalue weighted by molar-refractivity contribution is -0.117. The second-order valence-electron chi connectivity index (χ2n) is 5.40. The van der Waals surface area contributed by atoms with Crippen LogP contribution in [0.4, 0.5) is 0 Å². The van der Waals surface area contributed by atoms with E-state index < -0.39 is 0 Å². The number of hydrogen-bond donors (Lipinski definition) is 0. The average molecular weight is 225 g/mol. The van der Waals surface area contributed by atoms with Gasteiger partial charge in [-0.2, -0.15) is 0 Å². The minimum absolute atomic E-state index is 0.0140. The van der Waals surface area contributed by atoms with Gasteiger partial charge >= 0.3 is 0 Å². The maximum Gasteiger partial charge on any atom is 0.127 e. The summed E-state index contributed by atoms with van der Waals surface area (Å²) >= 11 is 0. The number of likely N-dealkylation sites (tertiary alicyclic amines) is 1. The highest BCUT2D eigenvalue weighted by atomic mass is 16.5. The summed E-state index contributed by atoms with van der Waals surface area (Å²) in [6.07, 6.45) is 8.55. The number of carbonyl (C=O) groups is 1. The van der Waals surface area contributed by atoms with Crippen LogP contribution in [0.1, 0.15) is 38.5 Å². The highest BCUT2D eigenvalue weighted by Crippen LogP contribution is 2.37. The van der Waals surface area contributed by atoms with Crippen molar-refractivity contribution in [3.05, 3.63) is 0 Å². The Balaban J connectivity index is 1.83. The van der Waals surface area contributed by atoms with E-state index in [0.29, 0.717) is 6.10 Å². The smallest absolute Gasteiger partial charge is 0.127 e. The van der Waals surface area contributed by atoms with Crippen LogP contribution in [0, 0.1) is 5.41 Å². The minimum Gasteiger partial charge on any atom is -0.381 e. The summed E-state index contributed by atoms with van der Waals surface area (Å²) in [5, 5.41) is 0. The summed E-state index contributed by atoms with van der Waals surface area (Å²) in [6.45, 7) is 3.16. The second kappa shape index (κ2) is 5.28. The van der Waals surface area contributed by atoms with Crippen molar-refractivity contribution in [1.29, 1.82) is 0 Å². The SMILES string of the molecule is COC1CCN(CC2(C=O)CCCC2)CC1. The van der Waals surface area contributed by atoms with Crippen molar-refractivity contribution < 1.29 is 9.53 Å². The summed E-state index contributed by atoms with van der Waals surface area (Å²) in [5.74, 6) is 0. The van der Waals surface area contributed by atoms with Gasteiger partial charge in [0.15, 0.2) is 0 Å². The Hall–Kier alpha value is -0.410.